The minimum Gasteiger partial charge on any atom is -0.309 e. The lowest BCUT2D eigenvalue weighted by atomic mass is 9.84. The number of para-hydroxylation sites is 2. The second-order valence-corrected chi connectivity index (χ2v) is 20.1. The predicted octanol–water partition coefficient (Wildman–Crippen LogP) is 13.0. The summed E-state index contributed by atoms with van der Waals surface area (Å²) in [5.41, 5.74) is 4.52. The first-order valence-electron chi connectivity index (χ1n) is 28.1. The second kappa shape index (κ2) is 15.6. The molecule has 0 bridgehead atoms. The Hall–Kier alpha value is -7.20. The third kappa shape index (κ3) is 6.21. The molecule has 12 rings (SSSR count). The van der Waals surface area contributed by atoms with E-state index in [9.17, 15) is 13.7 Å². The first-order valence-corrected chi connectivity index (χ1v) is 23.6. The van der Waals surface area contributed by atoms with Crippen LogP contribution in [0.2, 0.25) is 0 Å². The number of nitrogens with zero attached hydrogens (tertiary/aromatic N) is 2. The van der Waals surface area contributed by atoms with Gasteiger partial charge in [0, 0.05) is 32.9 Å². The number of fused-ring (bicyclic) bond motifs is 6. The van der Waals surface area contributed by atoms with E-state index in [1.165, 1.54) is 24.8 Å². The van der Waals surface area contributed by atoms with Gasteiger partial charge in [-0.05, 0) is 98.6 Å². The molecule has 2 aromatic heterocycles. The molecule has 1 aliphatic rings. The minimum absolute atomic E-state index is 0.0678. The molecule has 0 unspecified atom stereocenters. The highest BCUT2D eigenvalue weighted by molar-refractivity contribution is 7.19. The third-order valence-electron chi connectivity index (χ3n) is 13.1. The van der Waals surface area contributed by atoms with E-state index < -0.39 is 97.8 Å². The molecule has 0 spiro atoms. The molecular weight excluding hydrogens is 777 g/mol. The number of hydrogen-bond donors (Lipinski definition) is 0. The standard InChI is InChI=1S/C60H48N2Si/c1-5-18-43(19-6-1)46-34-38-55-53-28-14-16-31-58(53)62(59(55)41-46)48-37-39-56-54-29-13-15-30-57(54)61(60(56)42-48)47-35-32-44(33-36-47)45-20-17-27-52(40-45)63(49-21-7-2-8-22-49,50-23-9-3-10-24-50)51-25-11-4-12-26-51/h2-4,7-17,20-43H,1,5-6,18-19H2/i2D,7D,8D,17D,20D,21D,22D,27D,32D,33D,35D,36D,40D. The normalized spacial score (nSPS) is 16.5. The molecule has 11 aromatic rings. The summed E-state index contributed by atoms with van der Waals surface area (Å²) >= 11 is 0. The molecule has 302 valence electrons. The van der Waals surface area contributed by atoms with E-state index in [1.807, 2.05) is 48.5 Å². The van der Waals surface area contributed by atoms with Crippen molar-refractivity contribution in [1.82, 2.24) is 9.13 Å². The van der Waals surface area contributed by atoms with Crippen LogP contribution in [0.1, 0.15) is 61.4 Å². The average Bonchev–Trinajstić information content (AvgIpc) is 4.07. The van der Waals surface area contributed by atoms with Crippen molar-refractivity contribution in [2.75, 3.05) is 0 Å². The monoisotopic (exact) mass is 837 g/mol. The van der Waals surface area contributed by atoms with Gasteiger partial charge in [0.05, 0.1) is 39.9 Å². The molecule has 3 heteroatoms. The van der Waals surface area contributed by atoms with Crippen molar-refractivity contribution in [3.8, 4) is 22.5 Å². The summed E-state index contributed by atoms with van der Waals surface area (Å²) in [6.45, 7) is 0. The zero-order valence-electron chi connectivity index (χ0n) is 47.4. The second-order valence-electron chi connectivity index (χ2n) is 16.5. The minimum atomic E-state index is -4.53. The Morgan fingerprint density at radius 3 is 1.62 bits per heavy atom. The Labute approximate surface area is 388 Å². The Kier molecular flexibility index (Phi) is 6.52. The van der Waals surface area contributed by atoms with Crippen LogP contribution < -0.4 is 20.7 Å². The Bertz CT molecular complexity index is 4110. The zero-order valence-corrected chi connectivity index (χ0v) is 35.4. The van der Waals surface area contributed by atoms with Gasteiger partial charge in [0.25, 0.3) is 0 Å². The maximum Gasteiger partial charge on any atom is 0.179 e. The van der Waals surface area contributed by atoms with Crippen molar-refractivity contribution in [2.45, 2.75) is 38.0 Å². The molecule has 0 N–H and O–H groups in total. The number of rotatable bonds is 8. The zero-order chi connectivity index (χ0) is 53.1. The lowest BCUT2D eigenvalue weighted by molar-refractivity contribution is 0.444. The highest BCUT2D eigenvalue weighted by Crippen LogP contribution is 2.40. The van der Waals surface area contributed by atoms with Gasteiger partial charge in [-0.1, -0.05) is 201 Å². The maximum absolute atomic E-state index is 10.2. The molecule has 63 heavy (non-hydrogen) atoms. The average molecular weight is 838 g/mol. The summed E-state index contributed by atoms with van der Waals surface area (Å²) in [5.74, 6) is 0.475. The SMILES string of the molecule is [2H]c1c([2H])c([2H])c([Si](c2ccccc2)(c2ccccc2)c2c([2H])c([2H])c([2H])c(-c3c([2H])c([2H])c(-n4c5ccccc5c5ccc(-n6c7ccccc7c7ccc(C8CCCCC8)cc76)cc54)c([2H])c3[2H])c2[2H])c([2H])c1[2H]. The topological polar surface area (TPSA) is 9.86 Å². The Morgan fingerprint density at radius 2 is 0.952 bits per heavy atom. The molecule has 2 nitrogen and oxygen atoms in total. The summed E-state index contributed by atoms with van der Waals surface area (Å²) in [6, 6.07) is 38.3. The predicted molar refractivity (Wildman–Crippen MR) is 270 cm³/mol. The Morgan fingerprint density at radius 1 is 0.397 bits per heavy atom. The van der Waals surface area contributed by atoms with E-state index in [2.05, 4.69) is 41.0 Å². The van der Waals surface area contributed by atoms with Crippen LogP contribution in [-0.2, 0) is 0 Å². The number of hydrogen-bond acceptors (Lipinski definition) is 0. The summed E-state index contributed by atoms with van der Waals surface area (Å²) in [5, 5.41) is 4.30. The van der Waals surface area contributed by atoms with Gasteiger partial charge in [-0.2, -0.15) is 0 Å². The molecule has 1 aliphatic carbocycles. The van der Waals surface area contributed by atoms with E-state index in [0.717, 1.165) is 51.1 Å². The number of benzene rings is 9. The summed E-state index contributed by atoms with van der Waals surface area (Å²) in [6.07, 6.45) is 5.97. The van der Waals surface area contributed by atoms with E-state index in [1.54, 1.807) is 65.2 Å². The van der Waals surface area contributed by atoms with Gasteiger partial charge in [-0.25, -0.2) is 0 Å². The Balaban J connectivity index is 1.13. The van der Waals surface area contributed by atoms with Crippen LogP contribution in [-0.4, -0.2) is 17.2 Å². The van der Waals surface area contributed by atoms with Crippen LogP contribution >= 0.6 is 0 Å². The van der Waals surface area contributed by atoms with Gasteiger partial charge in [-0.3, -0.25) is 0 Å². The smallest absolute Gasteiger partial charge is 0.179 e. The largest absolute Gasteiger partial charge is 0.309 e. The van der Waals surface area contributed by atoms with E-state index in [0.29, 0.717) is 27.3 Å². The molecule has 0 saturated heterocycles. The van der Waals surface area contributed by atoms with Crippen LogP contribution in [0, 0.1) is 0 Å². The van der Waals surface area contributed by atoms with Crippen molar-refractivity contribution in [3.05, 3.63) is 230 Å². The summed E-state index contributed by atoms with van der Waals surface area (Å²) in [4.78, 5) is 0. The lowest BCUT2D eigenvalue weighted by Gasteiger charge is -2.34. The quantitative estimate of drug-likeness (QED) is 0.107. The summed E-state index contributed by atoms with van der Waals surface area (Å²) < 4.78 is 127. The van der Waals surface area contributed by atoms with Crippen LogP contribution in [0.5, 0.6) is 0 Å². The molecule has 1 fully saturated rings. The van der Waals surface area contributed by atoms with Crippen LogP contribution in [0.4, 0.5) is 0 Å². The van der Waals surface area contributed by atoms with E-state index >= 15 is 0 Å². The van der Waals surface area contributed by atoms with E-state index in [4.69, 9.17) is 4.11 Å². The van der Waals surface area contributed by atoms with Crippen molar-refractivity contribution >= 4 is 72.4 Å². The lowest BCUT2D eigenvalue weighted by Crippen LogP contribution is -2.74. The molecule has 0 atom stereocenters. The highest BCUT2D eigenvalue weighted by Gasteiger charge is 2.41. The van der Waals surface area contributed by atoms with Gasteiger partial charge in [0.2, 0.25) is 0 Å². The van der Waals surface area contributed by atoms with Gasteiger partial charge in [0.1, 0.15) is 0 Å². The number of aromatic nitrogens is 2. The van der Waals surface area contributed by atoms with Crippen molar-refractivity contribution < 1.29 is 17.8 Å². The fourth-order valence-corrected chi connectivity index (χ4v) is 14.4. The summed E-state index contributed by atoms with van der Waals surface area (Å²) in [7, 11) is -4.53. The highest BCUT2D eigenvalue weighted by atomic mass is 28.3. The van der Waals surface area contributed by atoms with Gasteiger partial charge in [0.15, 0.2) is 8.07 Å². The third-order valence-corrected chi connectivity index (χ3v) is 17.5. The molecule has 0 aliphatic heterocycles. The molecule has 1 saturated carbocycles. The van der Waals surface area contributed by atoms with E-state index in [-0.39, 0.29) is 16.1 Å². The van der Waals surface area contributed by atoms with Crippen LogP contribution in [0.15, 0.2) is 224 Å². The van der Waals surface area contributed by atoms with Gasteiger partial charge in [-0.15, -0.1) is 0 Å². The molecule has 0 radical (unpaired) electrons. The van der Waals surface area contributed by atoms with Crippen molar-refractivity contribution in [2.24, 2.45) is 0 Å². The van der Waals surface area contributed by atoms with Crippen molar-refractivity contribution in [3.63, 3.8) is 0 Å². The molecule has 2 heterocycles. The molecule has 0 amide bonds. The fraction of sp³-hybridized carbons (Fsp3) is 0.100. The van der Waals surface area contributed by atoms with Crippen molar-refractivity contribution in [1.29, 1.82) is 0 Å². The molecular formula is C60H48N2Si. The fourth-order valence-electron chi connectivity index (χ4n) is 10.2. The van der Waals surface area contributed by atoms with Crippen LogP contribution in [0.25, 0.3) is 66.1 Å². The van der Waals surface area contributed by atoms with Crippen LogP contribution in [0.3, 0.4) is 0 Å². The maximum atomic E-state index is 10.2. The van der Waals surface area contributed by atoms with Gasteiger partial charge >= 0.3 is 0 Å². The first-order chi connectivity index (χ1) is 36.7. The first kappa shape index (κ1) is 26.3. The molecule has 9 aromatic carbocycles. The van der Waals surface area contributed by atoms with Gasteiger partial charge < -0.3 is 9.13 Å².